The average molecular weight is 119 g/mol. The molecule has 1 aliphatic rings. The third-order valence-corrected chi connectivity index (χ3v) is 1.38. The van der Waals surface area contributed by atoms with Gasteiger partial charge in [-0.3, -0.25) is 0 Å². The minimum atomic E-state index is 0.341. The Hall–Kier alpha value is 0.350. The largest absolute Gasteiger partial charge is 0.372 e. The Morgan fingerprint density at radius 2 is 2.57 bits per heavy atom. The van der Waals surface area contributed by atoms with Gasteiger partial charge in [0.2, 0.25) is 0 Å². The molecule has 1 N–H and O–H groups in total. The van der Waals surface area contributed by atoms with E-state index in [1.165, 1.54) is 0 Å². The fourth-order valence-electron chi connectivity index (χ4n) is 0.586. The summed E-state index contributed by atoms with van der Waals surface area (Å²) in [5.74, 6) is 0.341. The lowest BCUT2D eigenvalue weighted by Crippen LogP contribution is -2.34. The number of morpholine rings is 1. The van der Waals surface area contributed by atoms with E-state index in [9.17, 15) is 0 Å². The highest BCUT2D eigenvalue weighted by Crippen LogP contribution is 2.01. The molecule has 7 heavy (non-hydrogen) atoms. The van der Waals surface area contributed by atoms with Gasteiger partial charge in [0, 0.05) is 13.1 Å². The van der Waals surface area contributed by atoms with Crippen molar-refractivity contribution < 1.29 is 4.74 Å². The first-order chi connectivity index (χ1) is 3.39. The second kappa shape index (κ2) is 2.61. The van der Waals surface area contributed by atoms with E-state index in [-0.39, 0.29) is 0 Å². The Morgan fingerprint density at radius 3 is 2.86 bits per heavy atom. The summed E-state index contributed by atoms with van der Waals surface area (Å²) < 4.78 is 5.18. The Kier molecular flexibility index (Phi) is 2.04. The lowest BCUT2D eigenvalue weighted by Gasteiger charge is -2.18. The second-order valence-electron chi connectivity index (χ2n) is 1.61. The van der Waals surface area contributed by atoms with Crippen molar-refractivity contribution in [3.63, 3.8) is 0 Å². The molecule has 0 bridgehead atoms. The topological polar surface area (TPSA) is 21.3 Å². The number of ether oxygens (including phenoxy) is 1. The van der Waals surface area contributed by atoms with Crippen molar-refractivity contribution in [1.82, 2.24) is 5.32 Å². The van der Waals surface area contributed by atoms with Gasteiger partial charge in [0.25, 0.3) is 0 Å². The maximum atomic E-state index is 5.18. The molecule has 0 aromatic rings. The van der Waals surface area contributed by atoms with E-state index >= 15 is 0 Å². The summed E-state index contributed by atoms with van der Waals surface area (Å²) in [4.78, 5) is 0. The predicted molar refractivity (Wildman–Crippen MR) is 32.3 cm³/mol. The Labute approximate surface area is 45.8 Å². The quantitative estimate of drug-likeness (QED) is 0.446. The zero-order valence-electron chi connectivity index (χ0n) is 4.18. The lowest BCUT2D eigenvalue weighted by molar-refractivity contribution is 0.0846. The van der Waals surface area contributed by atoms with Gasteiger partial charge in [-0.05, 0) is 0 Å². The Morgan fingerprint density at radius 1 is 1.71 bits per heavy atom. The third kappa shape index (κ3) is 1.72. The van der Waals surface area contributed by atoms with E-state index in [1.54, 1.807) is 0 Å². The smallest absolute Gasteiger partial charge is 0.0832 e. The summed E-state index contributed by atoms with van der Waals surface area (Å²) in [6.45, 7) is 2.84. The molecular formula is C4H10NOP. The van der Waals surface area contributed by atoms with Crippen LogP contribution in [0.25, 0.3) is 0 Å². The molecule has 2 nitrogen and oxygen atoms in total. The molecular weight excluding hydrogens is 109 g/mol. The van der Waals surface area contributed by atoms with Crippen LogP contribution < -0.4 is 5.32 Å². The lowest BCUT2D eigenvalue weighted by atomic mass is 10.5. The van der Waals surface area contributed by atoms with E-state index in [0.717, 1.165) is 19.7 Å². The fourth-order valence-corrected chi connectivity index (χ4v) is 0.888. The van der Waals surface area contributed by atoms with Crippen LogP contribution in [0.15, 0.2) is 0 Å². The summed E-state index contributed by atoms with van der Waals surface area (Å²) in [6, 6.07) is 0. The van der Waals surface area contributed by atoms with Crippen LogP contribution in [-0.4, -0.2) is 25.5 Å². The van der Waals surface area contributed by atoms with Gasteiger partial charge in [-0.25, -0.2) is 0 Å². The van der Waals surface area contributed by atoms with Gasteiger partial charge < -0.3 is 10.1 Å². The van der Waals surface area contributed by atoms with Crippen LogP contribution in [0.4, 0.5) is 0 Å². The SMILES string of the molecule is PC1CNCCO1. The third-order valence-electron chi connectivity index (χ3n) is 0.956. The number of hydrogen-bond donors (Lipinski definition) is 1. The Bertz CT molecular complexity index is 53.7. The Balaban J connectivity index is 2.12. The highest BCUT2D eigenvalue weighted by atomic mass is 31.0. The summed E-state index contributed by atoms with van der Waals surface area (Å²) in [5.41, 5.74) is 0. The predicted octanol–water partition coefficient (Wildman–Crippen LogP) is -0.193. The zero-order chi connectivity index (χ0) is 5.11. The molecule has 1 saturated heterocycles. The van der Waals surface area contributed by atoms with Crippen LogP contribution in [0.1, 0.15) is 0 Å². The molecule has 3 heteroatoms. The van der Waals surface area contributed by atoms with E-state index < -0.39 is 0 Å². The van der Waals surface area contributed by atoms with Crippen molar-refractivity contribution in [2.24, 2.45) is 0 Å². The van der Waals surface area contributed by atoms with E-state index in [1.807, 2.05) is 0 Å². The fraction of sp³-hybridized carbons (Fsp3) is 1.00. The first kappa shape index (κ1) is 5.49. The first-order valence-corrected chi connectivity index (χ1v) is 3.14. The molecule has 0 spiro atoms. The highest BCUT2D eigenvalue weighted by Gasteiger charge is 2.04. The number of nitrogens with one attached hydrogen (secondary N) is 1. The van der Waals surface area contributed by atoms with Gasteiger partial charge in [-0.1, -0.05) is 0 Å². The summed E-state index contributed by atoms with van der Waals surface area (Å²) in [6.07, 6.45) is 0. The summed E-state index contributed by atoms with van der Waals surface area (Å²) in [7, 11) is 2.62. The standard InChI is InChI=1S/C4H10NOP/c7-4-3-5-1-2-6-4/h4-5H,1-3,7H2. The van der Waals surface area contributed by atoms with Crippen molar-refractivity contribution >= 4 is 9.24 Å². The van der Waals surface area contributed by atoms with E-state index in [0.29, 0.717) is 5.85 Å². The molecule has 0 radical (unpaired) electrons. The normalized spacial score (nSPS) is 33.0. The van der Waals surface area contributed by atoms with Crippen LogP contribution in [0.3, 0.4) is 0 Å². The maximum absolute atomic E-state index is 5.18. The molecule has 0 amide bonds. The minimum Gasteiger partial charge on any atom is -0.372 e. The number of rotatable bonds is 0. The molecule has 2 unspecified atom stereocenters. The monoisotopic (exact) mass is 119 g/mol. The molecule has 42 valence electrons. The van der Waals surface area contributed by atoms with Crippen LogP contribution in [-0.2, 0) is 4.74 Å². The molecule has 1 heterocycles. The van der Waals surface area contributed by atoms with Gasteiger partial charge in [-0.15, -0.1) is 9.24 Å². The van der Waals surface area contributed by atoms with E-state index in [2.05, 4.69) is 14.6 Å². The van der Waals surface area contributed by atoms with Crippen molar-refractivity contribution in [3.05, 3.63) is 0 Å². The average Bonchev–Trinajstić information content (AvgIpc) is 1.69. The molecule has 0 aromatic carbocycles. The van der Waals surface area contributed by atoms with Crippen molar-refractivity contribution in [2.45, 2.75) is 5.85 Å². The van der Waals surface area contributed by atoms with Gasteiger partial charge >= 0.3 is 0 Å². The van der Waals surface area contributed by atoms with Crippen LogP contribution in [0, 0.1) is 0 Å². The maximum Gasteiger partial charge on any atom is 0.0832 e. The van der Waals surface area contributed by atoms with Crippen molar-refractivity contribution in [2.75, 3.05) is 19.7 Å². The number of hydrogen-bond acceptors (Lipinski definition) is 2. The van der Waals surface area contributed by atoms with Crippen LogP contribution in [0.5, 0.6) is 0 Å². The molecule has 0 saturated carbocycles. The second-order valence-corrected chi connectivity index (χ2v) is 2.36. The van der Waals surface area contributed by atoms with Crippen LogP contribution in [0.2, 0.25) is 0 Å². The summed E-state index contributed by atoms with van der Waals surface area (Å²) >= 11 is 0. The van der Waals surface area contributed by atoms with Gasteiger partial charge in [-0.2, -0.15) is 0 Å². The minimum absolute atomic E-state index is 0.341. The first-order valence-electron chi connectivity index (χ1n) is 2.47. The molecule has 1 fully saturated rings. The van der Waals surface area contributed by atoms with Crippen molar-refractivity contribution in [1.29, 1.82) is 0 Å². The highest BCUT2D eigenvalue weighted by molar-refractivity contribution is 7.17. The van der Waals surface area contributed by atoms with E-state index in [4.69, 9.17) is 4.74 Å². The molecule has 1 rings (SSSR count). The molecule has 0 aromatic heterocycles. The van der Waals surface area contributed by atoms with Gasteiger partial charge in [0.1, 0.15) is 0 Å². The molecule has 0 aliphatic carbocycles. The van der Waals surface area contributed by atoms with Gasteiger partial charge in [0.15, 0.2) is 0 Å². The summed E-state index contributed by atoms with van der Waals surface area (Å²) in [5, 5.41) is 3.19. The molecule has 1 aliphatic heterocycles. The van der Waals surface area contributed by atoms with Gasteiger partial charge in [0.05, 0.1) is 12.5 Å². The zero-order valence-corrected chi connectivity index (χ0v) is 5.34. The van der Waals surface area contributed by atoms with Crippen LogP contribution >= 0.6 is 9.24 Å². The molecule has 2 atom stereocenters. The van der Waals surface area contributed by atoms with Crippen molar-refractivity contribution in [3.8, 4) is 0 Å².